The predicted octanol–water partition coefficient (Wildman–Crippen LogP) is 2.66. The lowest BCUT2D eigenvalue weighted by molar-refractivity contribution is -0.131. The molecule has 8 heteroatoms. The predicted molar refractivity (Wildman–Crippen MR) is 106 cm³/mol. The fourth-order valence-corrected chi connectivity index (χ4v) is 4.63. The monoisotopic (exact) mass is 399 g/mol. The van der Waals surface area contributed by atoms with Gasteiger partial charge in [-0.3, -0.25) is 9.80 Å². The largest absolute Gasteiger partial charge is 0.366 e. The summed E-state index contributed by atoms with van der Waals surface area (Å²) in [6, 6.07) is 8.45. The summed E-state index contributed by atoms with van der Waals surface area (Å²) in [6.07, 6.45) is 1.38. The summed E-state index contributed by atoms with van der Waals surface area (Å²) < 4.78 is 13.3. The van der Waals surface area contributed by atoms with Crippen molar-refractivity contribution >= 4 is 17.7 Å². The summed E-state index contributed by atoms with van der Waals surface area (Å²) in [5, 5.41) is 5.79. The maximum Gasteiger partial charge on any atom is 0.264 e. The Bertz CT molecular complexity index is 912. The minimum atomic E-state index is -0.266. The summed E-state index contributed by atoms with van der Waals surface area (Å²) in [7, 11) is 0. The first-order chi connectivity index (χ1) is 13.4. The third-order valence-electron chi connectivity index (χ3n) is 4.94. The molecule has 1 aromatic carbocycles. The number of hydrogen-bond acceptors (Lipinski definition) is 6. The molecule has 3 heterocycles. The molecule has 0 bridgehead atoms. The first-order valence-corrected chi connectivity index (χ1v) is 10.2. The summed E-state index contributed by atoms with van der Waals surface area (Å²) in [6.45, 7) is 5.91. The van der Waals surface area contributed by atoms with Crippen molar-refractivity contribution in [3.63, 3.8) is 0 Å². The van der Waals surface area contributed by atoms with Crippen LogP contribution in [0, 0.1) is 19.7 Å². The molecule has 2 aliphatic heterocycles. The van der Waals surface area contributed by atoms with Crippen LogP contribution in [0.25, 0.3) is 0 Å². The highest BCUT2D eigenvalue weighted by Gasteiger charge is 2.44. The first-order valence-electron chi connectivity index (χ1n) is 9.18. The molecule has 1 amide bonds. The maximum atomic E-state index is 13.3. The Labute approximate surface area is 167 Å². The van der Waals surface area contributed by atoms with Gasteiger partial charge >= 0.3 is 0 Å². The van der Waals surface area contributed by atoms with E-state index in [0.717, 1.165) is 22.6 Å². The van der Waals surface area contributed by atoms with Crippen LogP contribution in [0.4, 0.5) is 4.39 Å². The molecule has 4 rings (SSSR count). The van der Waals surface area contributed by atoms with E-state index in [1.165, 1.54) is 23.9 Å². The van der Waals surface area contributed by atoms with Crippen LogP contribution in [0.2, 0.25) is 0 Å². The average molecular weight is 399 g/mol. The average Bonchev–Trinajstić information content (AvgIpc) is 2.97. The van der Waals surface area contributed by atoms with Crippen molar-refractivity contribution in [2.24, 2.45) is 0 Å². The molecule has 0 radical (unpaired) electrons. The van der Waals surface area contributed by atoms with Crippen molar-refractivity contribution in [2.75, 3.05) is 5.75 Å². The molecule has 0 spiro atoms. The molecule has 146 valence electrons. The number of carbonyl (C=O) groups is 1. The van der Waals surface area contributed by atoms with Crippen LogP contribution in [0.5, 0.6) is 0 Å². The van der Waals surface area contributed by atoms with Gasteiger partial charge < -0.3 is 5.32 Å². The Morgan fingerprint density at radius 2 is 1.86 bits per heavy atom. The highest BCUT2D eigenvalue weighted by atomic mass is 32.2. The Morgan fingerprint density at radius 3 is 2.54 bits per heavy atom. The van der Waals surface area contributed by atoms with Gasteiger partial charge in [0, 0.05) is 40.9 Å². The summed E-state index contributed by atoms with van der Waals surface area (Å²) in [4.78, 5) is 21.5. The second kappa shape index (κ2) is 7.52. The van der Waals surface area contributed by atoms with Gasteiger partial charge in [-0.1, -0.05) is 23.9 Å². The number of hydrazine groups is 1. The Balaban J connectivity index is 1.52. The van der Waals surface area contributed by atoms with Crippen molar-refractivity contribution < 1.29 is 9.18 Å². The van der Waals surface area contributed by atoms with E-state index in [-0.39, 0.29) is 29.8 Å². The number of halogens is 1. The van der Waals surface area contributed by atoms with Crippen LogP contribution >= 0.6 is 11.8 Å². The molecule has 28 heavy (non-hydrogen) atoms. The van der Waals surface area contributed by atoms with Gasteiger partial charge in [-0.25, -0.2) is 19.8 Å². The molecular formula is C20H22FN5OS. The van der Waals surface area contributed by atoms with E-state index in [0.29, 0.717) is 10.9 Å². The third kappa shape index (κ3) is 3.74. The molecular weight excluding hydrogens is 377 g/mol. The van der Waals surface area contributed by atoms with E-state index in [9.17, 15) is 9.18 Å². The summed E-state index contributed by atoms with van der Waals surface area (Å²) >= 11 is 1.50. The molecule has 3 unspecified atom stereocenters. The number of benzene rings is 1. The van der Waals surface area contributed by atoms with E-state index >= 15 is 0 Å². The molecule has 1 aromatic heterocycles. The second-order valence-electron chi connectivity index (χ2n) is 7.18. The van der Waals surface area contributed by atoms with Crippen molar-refractivity contribution in [1.82, 2.24) is 25.7 Å². The third-order valence-corrected chi connectivity index (χ3v) is 5.84. The van der Waals surface area contributed by atoms with Gasteiger partial charge in [-0.05, 0) is 44.5 Å². The quantitative estimate of drug-likeness (QED) is 0.609. The lowest BCUT2D eigenvalue weighted by Gasteiger charge is -2.33. The normalized spacial score (nSPS) is 24.0. The zero-order chi connectivity index (χ0) is 19.8. The van der Waals surface area contributed by atoms with E-state index < -0.39 is 0 Å². The molecule has 0 saturated carbocycles. The van der Waals surface area contributed by atoms with Crippen LogP contribution in [0.15, 0.2) is 47.3 Å². The minimum Gasteiger partial charge on any atom is -0.366 e. The molecule has 1 saturated heterocycles. The number of carbonyl (C=O) groups excluding carboxylic acids is 1. The standard InChI is InChI=1S/C20H22FN5OS/c1-11-8-12(2)23-20(22-11)28-10-16-9-17(27)26-19(24-16)18(13(3)25-26)14-4-6-15(21)7-5-14/h4-9,13,18-19,24-25H,10H2,1-3H3. The number of rotatable bonds is 4. The number of nitrogens with one attached hydrogen (secondary N) is 2. The molecule has 6 nitrogen and oxygen atoms in total. The van der Waals surface area contributed by atoms with Crippen molar-refractivity contribution in [2.45, 2.75) is 44.1 Å². The van der Waals surface area contributed by atoms with Crippen LogP contribution in [-0.4, -0.2) is 38.8 Å². The van der Waals surface area contributed by atoms with E-state index in [1.54, 1.807) is 23.2 Å². The van der Waals surface area contributed by atoms with Crippen molar-refractivity contribution in [3.8, 4) is 0 Å². The van der Waals surface area contributed by atoms with Gasteiger partial charge in [-0.15, -0.1) is 0 Å². The van der Waals surface area contributed by atoms with Gasteiger partial charge in [0.05, 0.1) is 0 Å². The van der Waals surface area contributed by atoms with Crippen LogP contribution in [-0.2, 0) is 4.79 Å². The lowest BCUT2D eigenvalue weighted by atomic mass is 9.90. The van der Waals surface area contributed by atoms with Crippen molar-refractivity contribution in [1.29, 1.82) is 0 Å². The summed E-state index contributed by atoms with van der Waals surface area (Å²) in [5.74, 6) is 0.230. The van der Waals surface area contributed by atoms with Gasteiger partial charge in [0.2, 0.25) is 0 Å². The Hall–Kier alpha value is -2.45. The molecule has 3 atom stereocenters. The number of fused-ring (bicyclic) bond motifs is 1. The van der Waals surface area contributed by atoms with E-state index in [1.807, 2.05) is 26.8 Å². The van der Waals surface area contributed by atoms with Crippen LogP contribution in [0.3, 0.4) is 0 Å². The number of amides is 1. The molecule has 1 fully saturated rings. The fourth-order valence-electron chi connectivity index (χ4n) is 3.76. The molecule has 2 aliphatic rings. The van der Waals surface area contributed by atoms with Gasteiger partial charge in [0.15, 0.2) is 5.16 Å². The molecule has 2 N–H and O–H groups in total. The molecule has 2 aromatic rings. The van der Waals surface area contributed by atoms with E-state index in [2.05, 4.69) is 20.7 Å². The first kappa shape index (κ1) is 18.9. The molecule has 0 aliphatic carbocycles. The minimum absolute atomic E-state index is 0.00992. The second-order valence-corrected chi connectivity index (χ2v) is 8.13. The summed E-state index contributed by atoms with van der Waals surface area (Å²) in [5.41, 5.74) is 6.90. The topological polar surface area (TPSA) is 70.2 Å². The Kier molecular flexibility index (Phi) is 5.07. The number of aromatic nitrogens is 2. The number of aryl methyl sites for hydroxylation is 2. The maximum absolute atomic E-state index is 13.3. The van der Waals surface area contributed by atoms with Gasteiger partial charge in [0.1, 0.15) is 12.0 Å². The lowest BCUT2D eigenvalue weighted by Crippen LogP contribution is -2.53. The SMILES string of the molecule is Cc1cc(C)nc(SCC2=CC(=O)N3NC(C)C(c4ccc(F)cc4)C3N2)n1. The highest BCUT2D eigenvalue weighted by molar-refractivity contribution is 7.99. The van der Waals surface area contributed by atoms with Gasteiger partial charge in [0.25, 0.3) is 5.91 Å². The van der Waals surface area contributed by atoms with E-state index in [4.69, 9.17) is 0 Å². The number of nitrogens with zero attached hydrogens (tertiary/aromatic N) is 3. The number of hydrogen-bond donors (Lipinski definition) is 2. The van der Waals surface area contributed by atoms with Gasteiger partial charge in [-0.2, -0.15) is 0 Å². The van der Waals surface area contributed by atoms with Crippen molar-refractivity contribution in [3.05, 3.63) is 64.9 Å². The smallest absolute Gasteiger partial charge is 0.264 e. The number of thioether (sulfide) groups is 1. The van der Waals surface area contributed by atoms with Crippen LogP contribution < -0.4 is 10.7 Å². The Morgan fingerprint density at radius 1 is 1.18 bits per heavy atom. The zero-order valence-electron chi connectivity index (χ0n) is 15.9. The fraction of sp³-hybridized carbons (Fsp3) is 0.350. The van der Waals surface area contributed by atoms with Crippen LogP contribution in [0.1, 0.15) is 29.8 Å². The zero-order valence-corrected chi connectivity index (χ0v) is 16.8. The highest BCUT2D eigenvalue weighted by Crippen LogP contribution is 2.33.